The van der Waals surface area contributed by atoms with Gasteiger partial charge in [-0.3, -0.25) is 4.79 Å². The molecule has 0 amide bonds. The molecular weight excluding hydrogens is 259 g/mol. The lowest BCUT2D eigenvalue weighted by atomic mass is 10.1. The van der Waals surface area contributed by atoms with E-state index in [1.165, 1.54) is 13.2 Å². The van der Waals surface area contributed by atoms with Crippen molar-refractivity contribution in [3.8, 4) is 17.0 Å². The van der Waals surface area contributed by atoms with Gasteiger partial charge in [-0.1, -0.05) is 19.9 Å². The molecule has 2 rings (SSSR count). The summed E-state index contributed by atoms with van der Waals surface area (Å²) in [5.74, 6) is 0.217. The highest BCUT2D eigenvalue weighted by Crippen LogP contribution is 2.29. The number of aromatic nitrogens is 2. The fourth-order valence-corrected chi connectivity index (χ4v) is 1.94. The van der Waals surface area contributed by atoms with Crippen LogP contribution in [0.5, 0.6) is 5.75 Å². The second-order valence-electron chi connectivity index (χ2n) is 4.90. The predicted molar refractivity (Wildman–Crippen MR) is 75.6 cm³/mol. The molecule has 5 heteroatoms. The number of aromatic amines is 1. The monoisotopic (exact) mass is 276 g/mol. The van der Waals surface area contributed by atoms with Crippen molar-refractivity contribution in [2.75, 3.05) is 7.11 Å². The third kappa shape index (κ3) is 2.43. The van der Waals surface area contributed by atoms with Gasteiger partial charge in [-0.2, -0.15) is 0 Å². The number of hydrogen-bond donors (Lipinski definition) is 1. The van der Waals surface area contributed by atoms with Crippen LogP contribution in [-0.2, 0) is 0 Å². The van der Waals surface area contributed by atoms with Crippen molar-refractivity contribution in [2.24, 2.45) is 0 Å². The van der Waals surface area contributed by atoms with Crippen LogP contribution >= 0.6 is 0 Å². The first-order chi connectivity index (χ1) is 9.45. The lowest BCUT2D eigenvalue weighted by Crippen LogP contribution is -2.17. The first-order valence-corrected chi connectivity index (χ1v) is 6.39. The van der Waals surface area contributed by atoms with Gasteiger partial charge in [0.1, 0.15) is 5.82 Å². The summed E-state index contributed by atoms with van der Waals surface area (Å²) in [7, 11) is 1.40. The van der Waals surface area contributed by atoms with E-state index in [2.05, 4.69) is 9.97 Å². The molecule has 0 fully saturated rings. The number of halogens is 1. The van der Waals surface area contributed by atoms with E-state index in [-0.39, 0.29) is 22.8 Å². The summed E-state index contributed by atoms with van der Waals surface area (Å²) in [6.07, 6.45) is 0. The molecule has 0 saturated heterocycles. The Morgan fingerprint density at radius 1 is 1.35 bits per heavy atom. The average Bonchev–Trinajstić information content (AvgIpc) is 2.42. The van der Waals surface area contributed by atoms with Crippen LogP contribution in [0.2, 0.25) is 0 Å². The standard InChI is InChI=1S/C15H17FN2O2/c1-8(2)14-17-13(9(3)15(19)18-14)10-6-5-7-11(20-4)12(10)16/h5-8H,1-4H3,(H,17,18,19). The highest BCUT2D eigenvalue weighted by molar-refractivity contribution is 5.65. The number of hydrogen-bond acceptors (Lipinski definition) is 3. The minimum Gasteiger partial charge on any atom is -0.494 e. The van der Waals surface area contributed by atoms with E-state index < -0.39 is 5.82 Å². The summed E-state index contributed by atoms with van der Waals surface area (Å²) in [5.41, 5.74) is 0.770. The lowest BCUT2D eigenvalue weighted by molar-refractivity contribution is 0.387. The van der Waals surface area contributed by atoms with Crippen LogP contribution in [0.3, 0.4) is 0 Å². The summed E-state index contributed by atoms with van der Waals surface area (Å²) in [4.78, 5) is 19.1. The molecule has 0 aliphatic carbocycles. The summed E-state index contributed by atoms with van der Waals surface area (Å²) >= 11 is 0. The molecular formula is C15H17FN2O2. The van der Waals surface area contributed by atoms with Crippen molar-refractivity contribution in [1.29, 1.82) is 0 Å². The molecule has 0 unspecified atom stereocenters. The number of nitrogens with one attached hydrogen (secondary N) is 1. The Morgan fingerprint density at radius 2 is 2.05 bits per heavy atom. The molecule has 1 aromatic heterocycles. The normalized spacial score (nSPS) is 10.9. The summed E-state index contributed by atoms with van der Waals surface area (Å²) in [6.45, 7) is 5.46. The van der Waals surface area contributed by atoms with Crippen molar-refractivity contribution in [3.05, 3.63) is 45.8 Å². The first-order valence-electron chi connectivity index (χ1n) is 6.39. The topological polar surface area (TPSA) is 55.0 Å². The molecule has 0 atom stereocenters. The van der Waals surface area contributed by atoms with E-state index in [4.69, 9.17) is 4.74 Å². The van der Waals surface area contributed by atoms with Gasteiger partial charge in [-0.15, -0.1) is 0 Å². The minimum atomic E-state index is -0.508. The number of rotatable bonds is 3. The maximum Gasteiger partial charge on any atom is 0.254 e. The second-order valence-corrected chi connectivity index (χ2v) is 4.90. The molecule has 106 valence electrons. The number of H-pyrrole nitrogens is 1. The molecule has 1 heterocycles. The van der Waals surface area contributed by atoms with Crippen LogP contribution in [0.25, 0.3) is 11.3 Å². The van der Waals surface area contributed by atoms with Crippen molar-refractivity contribution >= 4 is 0 Å². The molecule has 1 aromatic carbocycles. The van der Waals surface area contributed by atoms with E-state index >= 15 is 0 Å². The van der Waals surface area contributed by atoms with Gasteiger partial charge in [-0.05, 0) is 19.1 Å². The lowest BCUT2D eigenvalue weighted by Gasteiger charge is -2.12. The van der Waals surface area contributed by atoms with Gasteiger partial charge in [0, 0.05) is 17.0 Å². The molecule has 0 radical (unpaired) electrons. The quantitative estimate of drug-likeness (QED) is 0.937. The van der Waals surface area contributed by atoms with Crippen LogP contribution in [-0.4, -0.2) is 17.1 Å². The van der Waals surface area contributed by atoms with Crippen LogP contribution < -0.4 is 10.3 Å². The maximum absolute atomic E-state index is 14.3. The van der Waals surface area contributed by atoms with Crippen molar-refractivity contribution in [3.63, 3.8) is 0 Å². The van der Waals surface area contributed by atoms with Crippen molar-refractivity contribution in [1.82, 2.24) is 9.97 Å². The number of methoxy groups -OCH3 is 1. The Kier molecular flexibility index (Phi) is 3.88. The van der Waals surface area contributed by atoms with E-state index in [9.17, 15) is 9.18 Å². The van der Waals surface area contributed by atoms with E-state index in [0.29, 0.717) is 17.1 Å². The average molecular weight is 276 g/mol. The van der Waals surface area contributed by atoms with Gasteiger partial charge < -0.3 is 9.72 Å². The molecule has 0 aliphatic heterocycles. The van der Waals surface area contributed by atoms with Gasteiger partial charge in [0.05, 0.1) is 12.8 Å². The molecule has 20 heavy (non-hydrogen) atoms. The summed E-state index contributed by atoms with van der Waals surface area (Å²) < 4.78 is 19.3. The van der Waals surface area contributed by atoms with Gasteiger partial charge in [0.25, 0.3) is 5.56 Å². The Bertz CT molecular complexity index is 693. The smallest absolute Gasteiger partial charge is 0.254 e. The number of benzene rings is 1. The maximum atomic E-state index is 14.3. The Hall–Kier alpha value is -2.17. The summed E-state index contributed by atoms with van der Waals surface area (Å²) in [6, 6.07) is 4.80. The number of ether oxygens (including phenoxy) is 1. The summed E-state index contributed by atoms with van der Waals surface area (Å²) in [5, 5.41) is 0. The molecule has 1 N–H and O–H groups in total. The fourth-order valence-electron chi connectivity index (χ4n) is 1.94. The SMILES string of the molecule is COc1cccc(-c2nc(C(C)C)[nH]c(=O)c2C)c1F. The van der Waals surface area contributed by atoms with Crippen LogP contribution in [0.15, 0.2) is 23.0 Å². The third-order valence-electron chi connectivity index (χ3n) is 3.15. The van der Waals surface area contributed by atoms with Crippen LogP contribution in [0, 0.1) is 12.7 Å². The highest BCUT2D eigenvalue weighted by Gasteiger charge is 2.17. The van der Waals surface area contributed by atoms with Crippen LogP contribution in [0.4, 0.5) is 4.39 Å². The number of nitrogens with zero attached hydrogens (tertiary/aromatic N) is 1. The van der Waals surface area contributed by atoms with Gasteiger partial charge in [0.2, 0.25) is 0 Å². The van der Waals surface area contributed by atoms with E-state index in [0.717, 1.165) is 0 Å². The Morgan fingerprint density at radius 3 is 2.65 bits per heavy atom. The molecule has 0 saturated carbocycles. The Balaban J connectivity index is 2.72. The predicted octanol–water partition coefficient (Wildman–Crippen LogP) is 3.02. The fraction of sp³-hybridized carbons (Fsp3) is 0.333. The largest absolute Gasteiger partial charge is 0.494 e. The minimum absolute atomic E-state index is 0.0516. The van der Waals surface area contributed by atoms with Gasteiger partial charge >= 0.3 is 0 Å². The Labute approximate surface area is 116 Å². The van der Waals surface area contributed by atoms with Gasteiger partial charge in [-0.25, -0.2) is 9.37 Å². The molecule has 4 nitrogen and oxygen atoms in total. The molecule has 2 aromatic rings. The molecule has 0 spiro atoms. The zero-order valence-corrected chi connectivity index (χ0v) is 12.0. The first kappa shape index (κ1) is 14.2. The molecule has 0 aliphatic rings. The van der Waals surface area contributed by atoms with Crippen LogP contribution in [0.1, 0.15) is 31.2 Å². The second kappa shape index (κ2) is 5.45. The zero-order valence-electron chi connectivity index (χ0n) is 12.0. The highest BCUT2D eigenvalue weighted by atomic mass is 19.1. The third-order valence-corrected chi connectivity index (χ3v) is 3.15. The zero-order chi connectivity index (χ0) is 14.9. The van der Waals surface area contributed by atoms with Gasteiger partial charge in [0.15, 0.2) is 11.6 Å². The molecule has 0 bridgehead atoms. The van der Waals surface area contributed by atoms with E-state index in [1.54, 1.807) is 19.1 Å². The van der Waals surface area contributed by atoms with Crippen molar-refractivity contribution in [2.45, 2.75) is 26.7 Å². The van der Waals surface area contributed by atoms with Crippen molar-refractivity contribution < 1.29 is 9.13 Å². The van der Waals surface area contributed by atoms with E-state index in [1.807, 2.05) is 13.8 Å².